The molecule has 0 bridgehead atoms. The summed E-state index contributed by atoms with van der Waals surface area (Å²) in [6.45, 7) is 2.19. The number of allylic oxidation sites excluding steroid dienone is 4. The molecule has 0 saturated heterocycles. The van der Waals surface area contributed by atoms with Crippen LogP contribution < -0.4 is 0 Å². The van der Waals surface area contributed by atoms with E-state index in [1.807, 2.05) is 29.3 Å². The van der Waals surface area contributed by atoms with Gasteiger partial charge in [-0.2, -0.15) is 5.10 Å². The van der Waals surface area contributed by atoms with Crippen LogP contribution in [0.2, 0.25) is 4.47 Å². The van der Waals surface area contributed by atoms with Crippen molar-refractivity contribution in [3.05, 3.63) is 57.8 Å². The standard InChI is InChI=1S/C14H14ClN3S/c1-10(13-9-16-14(15)19-13)11-4-2-5-12(8-11)18-7-3-6-17-18/h2-4,6-10,12H,5H2,1H3. The average molecular weight is 292 g/mol. The Kier molecular flexibility index (Phi) is 3.53. The third-order valence-corrected chi connectivity index (χ3v) is 4.66. The second-order valence-electron chi connectivity index (χ2n) is 4.60. The predicted octanol–water partition coefficient (Wildman–Crippen LogP) is 4.22. The molecule has 0 aromatic carbocycles. The third-order valence-electron chi connectivity index (χ3n) is 3.36. The van der Waals surface area contributed by atoms with Gasteiger partial charge in [0.15, 0.2) is 4.47 Å². The fourth-order valence-corrected chi connectivity index (χ4v) is 3.30. The van der Waals surface area contributed by atoms with Gasteiger partial charge in [-0.25, -0.2) is 4.98 Å². The van der Waals surface area contributed by atoms with Gasteiger partial charge in [0.2, 0.25) is 0 Å². The van der Waals surface area contributed by atoms with Crippen molar-refractivity contribution in [2.75, 3.05) is 0 Å². The van der Waals surface area contributed by atoms with Crippen molar-refractivity contribution in [3.8, 4) is 0 Å². The summed E-state index contributed by atoms with van der Waals surface area (Å²) in [7, 11) is 0. The first kappa shape index (κ1) is 12.6. The summed E-state index contributed by atoms with van der Waals surface area (Å²) < 4.78 is 2.60. The maximum atomic E-state index is 5.91. The highest BCUT2D eigenvalue weighted by molar-refractivity contribution is 7.15. The monoisotopic (exact) mass is 291 g/mol. The van der Waals surface area contributed by atoms with Crippen molar-refractivity contribution in [3.63, 3.8) is 0 Å². The van der Waals surface area contributed by atoms with E-state index in [0.29, 0.717) is 16.4 Å². The van der Waals surface area contributed by atoms with Gasteiger partial charge in [0, 0.05) is 29.4 Å². The molecule has 19 heavy (non-hydrogen) atoms. The lowest BCUT2D eigenvalue weighted by Gasteiger charge is -2.20. The molecule has 2 aromatic heterocycles. The van der Waals surface area contributed by atoms with E-state index < -0.39 is 0 Å². The maximum Gasteiger partial charge on any atom is 0.183 e. The van der Waals surface area contributed by atoms with Crippen molar-refractivity contribution in [2.24, 2.45) is 0 Å². The molecule has 2 heterocycles. The minimum Gasteiger partial charge on any atom is -0.266 e. The van der Waals surface area contributed by atoms with Gasteiger partial charge < -0.3 is 0 Å². The van der Waals surface area contributed by atoms with Crippen LogP contribution in [0.5, 0.6) is 0 Å². The minimum absolute atomic E-state index is 0.306. The summed E-state index contributed by atoms with van der Waals surface area (Å²) in [6.07, 6.45) is 13.4. The zero-order valence-electron chi connectivity index (χ0n) is 10.5. The maximum absolute atomic E-state index is 5.91. The van der Waals surface area contributed by atoms with Crippen LogP contribution in [0, 0.1) is 0 Å². The lowest BCUT2D eigenvalue weighted by molar-refractivity contribution is 0.535. The highest BCUT2D eigenvalue weighted by Crippen LogP contribution is 2.34. The Hall–Kier alpha value is -1.39. The van der Waals surface area contributed by atoms with E-state index in [4.69, 9.17) is 11.6 Å². The van der Waals surface area contributed by atoms with E-state index in [1.54, 1.807) is 11.3 Å². The summed E-state index contributed by atoms with van der Waals surface area (Å²) in [4.78, 5) is 5.31. The van der Waals surface area contributed by atoms with Gasteiger partial charge in [-0.05, 0) is 18.1 Å². The lowest BCUT2D eigenvalue weighted by atomic mass is 9.92. The Morgan fingerprint density at radius 2 is 2.42 bits per heavy atom. The molecule has 2 unspecified atom stereocenters. The van der Waals surface area contributed by atoms with E-state index in [2.05, 4.69) is 35.2 Å². The van der Waals surface area contributed by atoms with E-state index in [1.165, 1.54) is 10.5 Å². The third kappa shape index (κ3) is 2.65. The van der Waals surface area contributed by atoms with Crippen molar-refractivity contribution in [2.45, 2.75) is 25.3 Å². The molecule has 0 N–H and O–H groups in total. The van der Waals surface area contributed by atoms with E-state index in [9.17, 15) is 0 Å². The first-order chi connectivity index (χ1) is 9.24. The van der Waals surface area contributed by atoms with Crippen LogP contribution in [0.1, 0.15) is 30.2 Å². The molecular weight excluding hydrogens is 278 g/mol. The number of aromatic nitrogens is 3. The predicted molar refractivity (Wildman–Crippen MR) is 78.6 cm³/mol. The lowest BCUT2D eigenvalue weighted by Crippen LogP contribution is -2.10. The molecule has 0 fully saturated rings. The number of rotatable bonds is 3. The van der Waals surface area contributed by atoms with Gasteiger partial charge in [0.25, 0.3) is 0 Å². The highest BCUT2D eigenvalue weighted by Gasteiger charge is 2.18. The fraction of sp³-hybridized carbons (Fsp3) is 0.286. The first-order valence-electron chi connectivity index (χ1n) is 6.22. The Morgan fingerprint density at radius 3 is 3.11 bits per heavy atom. The summed E-state index contributed by atoms with van der Waals surface area (Å²) in [6, 6.07) is 2.26. The van der Waals surface area contributed by atoms with Crippen molar-refractivity contribution in [1.29, 1.82) is 0 Å². The zero-order valence-corrected chi connectivity index (χ0v) is 12.1. The molecule has 0 radical (unpaired) electrons. The van der Waals surface area contributed by atoms with E-state index in [0.717, 1.165) is 6.42 Å². The van der Waals surface area contributed by atoms with Crippen molar-refractivity contribution in [1.82, 2.24) is 14.8 Å². The van der Waals surface area contributed by atoms with Gasteiger partial charge in [0.1, 0.15) is 0 Å². The molecule has 0 spiro atoms. The molecule has 5 heteroatoms. The summed E-state index contributed by atoms with van der Waals surface area (Å²) >= 11 is 7.45. The molecule has 3 rings (SSSR count). The number of hydrogen-bond donors (Lipinski definition) is 0. The second-order valence-corrected chi connectivity index (χ2v) is 6.24. The molecule has 0 amide bonds. The van der Waals surface area contributed by atoms with Crippen LogP contribution in [0.4, 0.5) is 0 Å². The first-order valence-corrected chi connectivity index (χ1v) is 7.42. The molecule has 1 aliphatic rings. The Labute approximate surface area is 121 Å². The molecule has 2 atom stereocenters. The summed E-state index contributed by atoms with van der Waals surface area (Å²) in [5.41, 5.74) is 1.30. The van der Waals surface area contributed by atoms with Gasteiger partial charge in [0.05, 0.1) is 6.04 Å². The zero-order chi connectivity index (χ0) is 13.2. The molecule has 3 nitrogen and oxygen atoms in total. The van der Waals surface area contributed by atoms with Crippen LogP contribution >= 0.6 is 22.9 Å². The largest absolute Gasteiger partial charge is 0.266 e. The fourth-order valence-electron chi connectivity index (χ4n) is 2.27. The molecule has 98 valence electrons. The van der Waals surface area contributed by atoms with Gasteiger partial charge >= 0.3 is 0 Å². The molecule has 2 aromatic rings. The van der Waals surface area contributed by atoms with Crippen LogP contribution in [-0.2, 0) is 0 Å². The van der Waals surface area contributed by atoms with Gasteiger partial charge in [-0.1, -0.05) is 36.8 Å². The molecule has 1 aliphatic carbocycles. The van der Waals surface area contributed by atoms with Crippen molar-refractivity contribution >= 4 is 22.9 Å². The smallest absolute Gasteiger partial charge is 0.183 e. The Bertz CT molecular complexity index is 612. The van der Waals surface area contributed by atoms with Gasteiger partial charge in [-0.3, -0.25) is 4.68 Å². The number of halogens is 1. The Balaban J connectivity index is 1.85. The van der Waals surface area contributed by atoms with Crippen LogP contribution in [0.3, 0.4) is 0 Å². The summed E-state index contributed by atoms with van der Waals surface area (Å²) in [5, 5.41) is 4.32. The van der Waals surface area contributed by atoms with Gasteiger partial charge in [-0.15, -0.1) is 11.3 Å². The average Bonchev–Trinajstić information content (AvgIpc) is 3.09. The van der Waals surface area contributed by atoms with Crippen LogP contribution in [0.15, 0.2) is 48.5 Å². The quantitative estimate of drug-likeness (QED) is 0.847. The number of nitrogens with zero attached hydrogens (tertiary/aromatic N) is 3. The summed E-state index contributed by atoms with van der Waals surface area (Å²) in [5.74, 6) is 0.319. The number of hydrogen-bond acceptors (Lipinski definition) is 3. The van der Waals surface area contributed by atoms with E-state index in [-0.39, 0.29) is 0 Å². The normalized spacial score (nSPS) is 20.3. The SMILES string of the molecule is CC(C1=CC(n2cccn2)CC=C1)c1cnc(Cl)s1. The van der Waals surface area contributed by atoms with Crippen LogP contribution in [0.25, 0.3) is 0 Å². The highest BCUT2D eigenvalue weighted by atomic mass is 35.5. The molecule has 0 saturated carbocycles. The molecule has 0 aliphatic heterocycles. The second kappa shape index (κ2) is 5.31. The Morgan fingerprint density at radius 1 is 1.53 bits per heavy atom. The van der Waals surface area contributed by atoms with Crippen molar-refractivity contribution < 1.29 is 0 Å². The van der Waals surface area contributed by atoms with Crippen LogP contribution in [-0.4, -0.2) is 14.8 Å². The minimum atomic E-state index is 0.306. The molecular formula is C14H14ClN3S. The van der Waals surface area contributed by atoms with E-state index >= 15 is 0 Å². The topological polar surface area (TPSA) is 30.7 Å². The number of thiazole rings is 1.